The van der Waals surface area contributed by atoms with E-state index in [2.05, 4.69) is 31.3 Å². The first kappa shape index (κ1) is 61.1. The van der Waals surface area contributed by atoms with Gasteiger partial charge in [-0.15, -0.1) is 0 Å². The molecular weight excluding hydrogens is 763 g/mol. The smallest absolute Gasteiger partial charge is 0.249 e. The molecule has 3 unspecified atom stereocenters. The fraction of sp³-hybridized carbons (Fsp3) is 0.947. The van der Waals surface area contributed by atoms with Gasteiger partial charge in [-0.05, 0) is 38.5 Å². The first-order valence-electron chi connectivity index (χ1n) is 28.5. The summed E-state index contributed by atoms with van der Waals surface area (Å²) in [6.07, 6.45) is 65.4. The second-order valence-corrected chi connectivity index (χ2v) is 19.9. The van der Waals surface area contributed by atoms with Crippen molar-refractivity contribution in [3.8, 4) is 0 Å². The molecule has 0 aromatic carbocycles. The summed E-state index contributed by atoms with van der Waals surface area (Å²) in [5, 5.41) is 33.6. The van der Waals surface area contributed by atoms with Gasteiger partial charge in [0.25, 0.3) is 0 Å². The van der Waals surface area contributed by atoms with Gasteiger partial charge in [-0.25, -0.2) is 0 Å². The minimum absolute atomic E-state index is 0.310. The number of hydrogen-bond donors (Lipinski definition) is 4. The number of carbonyl (C=O) groups is 1. The molecule has 0 radical (unpaired) electrons. The molecular formula is C57H113NO4. The third-order valence-electron chi connectivity index (χ3n) is 13.6. The van der Waals surface area contributed by atoms with Gasteiger partial charge < -0.3 is 20.6 Å². The van der Waals surface area contributed by atoms with Crippen LogP contribution in [0.1, 0.15) is 322 Å². The molecule has 62 heavy (non-hydrogen) atoms. The van der Waals surface area contributed by atoms with E-state index in [4.69, 9.17) is 0 Å². The van der Waals surface area contributed by atoms with Crippen LogP contribution in [0.4, 0.5) is 0 Å². The van der Waals surface area contributed by atoms with E-state index >= 15 is 0 Å². The van der Waals surface area contributed by atoms with E-state index in [1.165, 1.54) is 263 Å². The van der Waals surface area contributed by atoms with Crippen molar-refractivity contribution in [2.75, 3.05) is 6.61 Å². The van der Waals surface area contributed by atoms with Crippen molar-refractivity contribution < 1.29 is 20.1 Å². The highest BCUT2D eigenvalue weighted by molar-refractivity contribution is 5.80. The van der Waals surface area contributed by atoms with E-state index in [0.717, 1.165) is 32.1 Å². The van der Waals surface area contributed by atoms with Crippen LogP contribution in [0.3, 0.4) is 0 Å². The van der Waals surface area contributed by atoms with Crippen molar-refractivity contribution in [1.82, 2.24) is 5.32 Å². The maximum absolute atomic E-state index is 12.6. The first-order valence-corrected chi connectivity index (χ1v) is 28.5. The molecule has 0 fully saturated rings. The molecule has 5 nitrogen and oxygen atoms in total. The lowest BCUT2D eigenvalue weighted by atomic mass is 10.0. The second kappa shape index (κ2) is 52.7. The number of aliphatic hydroxyl groups excluding tert-OH is 3. The van der Waals surface area contributed by atoms with Crippen molar-refractivity contribution in [3.63, 3.8) is 0 Å². The van der Waals surface area contributed by atoms with Crippen LogP contribution in [0.25, 0.3) is 0 Å². The van der Waals surface area contributed by atoms with Crippen LogP contribution in [-0.2, 0) is 4.79 Å². The van der Waals surface area contributed by atoms with Crippen LogP contribution in [-0.4, -0.2) is 46.1 Å². The minimum atomic E-state index is -1.07. The minimum Gasteiger partial charge on any atom is -0.394 e. The highest BCUT2D eigenvalue weighted by Crippen LogP contribution is 2.18. The van der Waals surface area contributed by atoms with Crippen LogP contribution in [0.2, 0.25) is 0 Å². The summed E-state index contributed by atoms with van der Waals surface area (Å²) in [6, 6.07) is -0.711. The van der Waals surface area contributed by atoms with Gasteiger partial charge >= 0.3 is 0 Å². The Balaban J connectivity index is 3.52. The molecule has 5 heteroatoms. The lowest BCUT2D eigenvalue weighted by Gasteiger charge is -2.23. The summed E-state index contributed by atoms with van der Waals surface area (Å²) in [6.45, 7) is 4.27. The fourth-order valence-corrected chi connectivity index (χ4v) is 9.19. The van der Waals surface area contributed by atoms with Gasteiger partial charge in [0.2, 0.25) is 5.91 Å². The summed E-state index contributed by atoms with van der Waals surface area (Å²) in [7, 11) is 0. The summed E-state index contributed by atoms with van der Waals surface area (Å²) in [5.74, 6) is -0.465. The summed E-state index contributed by atoms with van der Waals surface area (Å²) in [4.78, 5) is 12.6. The molecule has 0 heterocycles. The van der Waals surface area contributed by atoms with E-state index < -0.39 is 24.2 Å². The van der Waals surface area contributed by atoms with E-state index in [0.29, 0.717) is 12.8 Å². The highest BCUT2D eigenvalue weighted by atomic mass is 16.3. The molecule has 0 spiro atoms. The number of rotatable bonds is 53. The number of unbranched alkanes of at least 4 members (excludes halogenated alkanes) is 43. The fourth-order valence-electron chi connectivity index (χ4n) is 9.19. The summed E-state index contributed by atoms with van der Waals surface area (Å²) >= 11 is 0. The second-order valence-electron chi connectivity index (χ2n) is 19.9. The van der Waals surface area contributed by atoms with Crippen LogP contribution < -0.4 is 5.32 Å². The molecule has 0 rings (SSSR count). The Kier molecular flexibility index (Phi) is 51.9. The van der Waals surface area contributed by atoms with E-state index in [9.17, 15) is 20.1 Å². The van der Waals surface area contributed by atoms with Gasteiger partial charge in [-0.1, -0.05) is 296 Å². The monoisotopic (exact) mass is 876 g/mol. The molecule has 0 aromatic rings. The third kappa shape index (κ3) is 47.1. The number of carbonyl (C=O) groups excluding carboxylic acids is 1. The summed E-state index contributed by atoms with van der Waals surface area (Å²) < 4.78 is 0. The van der Waals surface area contributed by atoms with Gasteiger partial charge in [0.1, 0.15) is 6.10 Å². The maximum Gasteiger partial charge on any atom is 0.249 e. The zero-order valence-corrected chi connectivity index (χ0v) is 42.3. The molecule has 1 amide bonds. The van der Waals surface area contributed by atoms with E-state index in [1.807, 2.05) is 0 Å². The predicted octanol–water partition coefficient (Wildman–Crippen LogP) is 17.5. The highest BCUT2D eigenvalue weighted by Gasteiger charge is 2.23. The molecule has 370 valence electrons. The molecule has 0 bridgehead atoms. The Morgan fingerprint density at radius 3 is 0.887 bits per heavy atom. The Morgan fingerprint density at radius 1 is 0.371 bits per heavy atom. The number of amides is 1. The standard InChI is InChI=1S/C57H113NO4/c1-3-5-7-9-11-13-15-17-19-21-23-25-27-28-29-30-32-34-36-38-40-42-44-46-48-50-52-56(61)57(62)58-54(53-59)55(60)51-49-47-45-43-41-39-37-35-33-31-26-24-22-20-18-16-14-12-10-8-6-4-2/h28-29,54-56,59-61H,3-27,30-53H2,1-2H3,(H,58,62)/b29-28-. The lowest BCUT2D eigenvalue weighted by molar-refractivity contribution is -0.131. The van der Waals surface area contributed by atoms with Crippen molar-refractivity contribution >= 4 is 5.91 Å². The maximum atomic E-state index is 12.6. The zero-order valence-electron chi connectivity index (χ0n) is 42.3. The lowest BCUT2D eigenvalue weighted by Crippen LogP contribution is -2.49. The average Bonchev–Trinajstić information content (AvgIpc) is 3.28. The Morgan fingerprint density at radius 2 is 0.613 bits per heavy atom. The zero-order chi connectivity index (χ0) is 45.1. The number of nitrogens with one attached hydrogen (secondary N) is 1. The quantitative estimate of drug-likeness (QED) is 0.0362. The van der Waals surface area contributed by atoms with Gasteiger partial charge in [0.15, 0.2) is 0 Å². The molecule has 0 saturated carbocycles. The normalized spacial score (nSPS) is 13.3. The Labute approximate surface area is 389 Å². The van der Waals surface area contributed by atoms with Gasteiger partial charge in [0.05, 0.1) is 18.8 Å². The Hall–Kier alpha value is -0.910. The predicted molar refractivity (Wildman–Crippen MR) is 273 cm³/mol. The summed E-state index contributed by atoms with van der Waals surface area (Å²) in [5.41, 5.74) is 0. The van der Waals surface area contributed by atoms with Crippen molar-refractivity contribution in [2.45, 2.75) is 340 Å². The van der Waals surface area contributed by atoms with Gasteiger partial charge in [-0.3, -0.25) is 4.79 Å². The number of allylic oxidation sites excluding steroid dienone is 2. The largest absolute Gasteiger partial charge is 0.394 e. The van der Waals surface area contributed by atoms with Gasteiger partial charge in [-0.2, -0.15) is 0 Å². The molecule has 0 saturated heterocycles. The van der Waals surface area contributed by atoms with Crippen LogP contribution >= 0.6 is 0 Å². The molecule has 0 aliphatic heterocycles. The molecule has 3 atom stereocenters. The van der Waals surface area contributed by atoms with Crippen LogP contribution in [0.15, 0.2) is 12.2 Å². The van der Waals surface area contributed by atoms with Gasteiger partial charge in [0, 0.05) is 0 Å². The SMILES string of the molecule is CCCCCCCCCCCCCC/C=C\CCCCCCCCCCCCC(O)C(=O)NC(CO)C(O)CCCCCCCCCCCCCCCCCCCCCCCC. The first-order chi connectivity index (χ1) is 30.6. The molecule has 0 aliphatic rings. The van der Waals surface area contributed by atoms with Crippen molar-refractivity contribution in [2.24, 2.45) is 0 Å². The Bertz CT molecular complexity index is 879. The van der Waals surface area contributed by atoms with Crippen molar-refractivity contribution in [3.05, 3.63) is 12.2 Å². The van der Waals surface area contributed by atoms with E-state index in [-0.39, 0.29) is 6.61 Å². The molecule has 4 N–H and O–H groups in total. The number of hydrogen-bond acceptors (Lipinski definition) is 4. The molecule has 0 aliphatic carbocycles. The van der Waals surface area contributed by atoms with Crippen LogP contribution in [0, 0.1) is 0 Å². The van der Waals surface area contributed by atoms with Crippen molar-refractivity contribution in [1.29, 1.82) is 0 Å². The molecule has 0 aromatic heterocycles. The topological polar surface area (TPSA) is 89.8 Å². The third-order valence-corrected chi connectivity index (χ3v) is 13.6. The average molecular weight is 877 g/mol. The van der Waals surface area contributed by atoms with E-state index in [1.54, 1.807) is 0 Å². The number of aliphatic hydroxyl groups is 3. The van der Waals surface area contributed by atoms with Crippen LogP contribution in [0.5, 0.6) is 0 Å².